The van der Waals surface area contributed by atoms with Crippen molar-refractivity contribution in [1.29, 1.82) is 0 Å². The molecule has 0 N–H and O–H groups in total. The SMILES string of the molecule is CC(C)(C)[C]([AlH2])(C(C)(C)C)C(C)(C)C. The third-order valence-electron chi connectivity index (χ3n) is 4.50. The van der Waals surface area contributed by atoms with Crippen LogP contribution in [0.4, 0.5) is 0 Å². The van der Waals surface area contributed by atoms with Crippen molar-refractivity contribution < 1.29 is 0 Å². The van der Waals surface area contributed by atoms with Crippen LogP contribution in [0.1, 0.15) is 62.3 Å². The van der Waals surface area contributed by atoms with E-state index in [4.69, 9.17) is 0 Å². The molecule has 0 saturated carbocycles. The molecule has 0 amide bonds. The van der Waals surface area contributed by atoms with E-state index in [1.165, 1.54) is 16.3 Å². The Bertz CT molecular complexity index is 159. The summed E-state index contributed by atoms with van der Waals surface area (Å²) in [6.07, 6.45) is 0. The molecule has 0 fully saturated rings. The topological polar surface area (TPSA) is 0 Å². The smallest absolute Gasteiger partial charge is 0.0658 e. The zero-order valence-corrected chi connectivity index (χ0v) is 14.0. The highest BCUT2D eigenvalue weighted by Crippen LogP contribution is 2.64. The van der Waals surface area contributed by atoms with Gasteiger partial charge in [0.2, 0.25) is 16.3 Å². The highest BCUT2D eigenvalue weighted by molar-refractivity contribution is 6.17. The van der Waals surface area contributed by atoms with Crippen LogP contribution >= 0.6 is 0 Å². The summed E-state index contributed by atoms with van der Waals surface area (Å²) in [5, 5.41) is 0. The molecule has 0 aliphatic rings. The van der Waals surface area contributed by atoms with E-state index in [9.17, 15) is 0 Å². The van der Waals surface area contributed by atoms with Gasteiger partial charge in [0.05, 0.1) is 0 Å². The van der Waals surface area contributed by atoms with E-state index < -0.39 is 0 Å². The van der Waals surface area contributed by atoms with Crippen LogP contribution < -0.4 is 0 Å². The van der Waals surface area contributed by atoms with Gasteiger partial charge in [-0.1, -0.05) is 66.6 Å². The van der Waals surface area contributed by atoms with Crippen LogP contribution in [0.5, 0.6) is 0 Å². The first-order valence-corrected chi connectivity index (χ1v) is 6.75. The summed E-state index contributed by atoms with van der Waals surface area (Å²) in [6.45, 7) is 21.6. The van der Waals surface area contributed by atoms with Gasteiger partial charge in [-0.2, -0.15) is 0 Å². The van der Waals surface area contributed by atoms with Crippen LogP contribution in [0.15, 0.2) is 0 Å². The minimum absolute atomic E-state index is 0.385. The molecule has 0 aliphatic heterocycles. The zero-order valence-electron chi connectivity index (χ0n) is 12.0. The third kappa shape index (κ3) is 2.20. The predicted molar refractivity (Wildman–Crippen MR) is 69.6 cm³/mol. The standard InChI is InChI=1S/C13H27.Al.2H/c1-11(2,3)10(12(4,5)6)13(7,8)9;;;/h1-9H3;;;. The largest absolute Gasteiger partial charge is 0.223 e. The van der Waals surface area contributed by atoms with Crippen molar-refractivity contribution in [3.63, 3.8) is 0 Å². The quantitative estimate of drug-likeness (QED) is 0.534. The van der Waals surface area contributed by atoms with Crippen molar-refractivity contribution in [2.24, 2.45) is 16.2 Å². The molecule has 84 valence electrons. The van der Waals surface area contributed by atoms with Crippen molar-refractivity contribution >= 4 is 16.3 Å². The fourth-order valence-electron chi connectivity index (χ4n) is 3.38. The maximum Gasteiger partial charge on any atom is 0.223 e. The van der Waals surface area contributed by atoms with Crippen LogP contribution in [-0.4, -0.2) is 16.3 Å². The molecule has 0 rings (SSSR count). The summed E-state index contributed by atoms with van der Waals surface area (Å²) in [4.78, 5) is 0. The van der Waals surface area contributed by atoms with Crippen molar-refractivity contribution in [3.05, 3.63) is 0 Å². The summed E-state index contributed by atoms with van der Waals surface area (Å²) in [5.41, 5.74) is 1.15. The van der Waals surface area contributed by atoms with Crippen molar-refractivity contribution in [2.75, 3.05) is 0 Å². The van der Waals surface area contributed by atoms with Crippen molar-refractivity contribution in [3.8, 4) is 0 Å². The number of rotatable bonds is 0. The Morgan fingerprint density at radius 2 is 0.643 bits per heavy atom. The summed E-state index contributed by atoms with van der Waals surface area (Å²) in [5.74, 6) is 0. The Hall–Kier alpha value is 0.532. The summed E-state index contributed by atoms with van der Waals surface area (Å²) < 4.78 is 0.451. The van der Waals surface area contributed by atoms with Crippen molar-refractivity contribution in [1.82, 2.24) is 0 Å². The average molecular weight is 212 g/mol. The van der Waals surface area contributed by atoms with Crippen LogP contribution in [0.25, 0.3) is 0 Å². The molecule has 0 unspecified atom stereocenters. The number of hydrogen-bond acceptors (Lipinski definition) is 0. The molecule has 0 radical (unpaired) electrons. The molecule has 0 heterocycles. The lowest BCUT2D eigenvalue weighted by Gasteiger charge is -2.60. The van der Waals surface area contributed by atoms with Gasteiger partial charge in [-0.15, -0.1) is 0 Å². The minimum Gasteiger partial charge on any atom is -0.0658 e. The zero-order chi connectivity index (χ0) is 12.0. The van der Waals surface area contributed by atoms with Crippen molar-refractivity contribution in [2.45, 2.75) is 66.6 Å². The first-order valence-electron chi connectivity index (χ1n) is 5.75. The van der Waals surface area contributed by atoms with E-state index in [1.54, 1.807) is 0 Å². The summed E-state index contributed by atoms with van der Waals surface area (Å²) in [7, 11) is 0. The fraction of sp³-hybridized carbons (Fsp3) is 1.00. The van der Waals surface area contributed by atoms with Gasteiger partial charge in [0.1, 0.15) is 0 Å². The fourth-order valence-corrected chi connectivity index (χ4v) is 3.38. The molecule has 14 heavy (non-hydrogen) atoms. The minimum atomic E-state index is 0.385. The Kier molecular flexibility index (Phi) is 3.67. The van der Waals surface area contributed by atoms with Crippen LogP contribution in [0.3, 0.4) is 0 Å². The molecule has 0 nitrogen and oxygen atoms in total. The van der Waals surface area contributed by atoms with Gasteiger partial charge >= 0.3 is 0 Å². The second kappa shape index (κ2) is 3.53. The molecule has 0 aromatic rings. The molecular formula is C13H29Al. The van der Waals surface area contributed by atoms with Gasteiger partial charge in [-0.05, 0) is 16.2 Å². The second-order valence-electron chi connectivity index (χ2n) is 7.88. The maximum absolute atomic E-state index is 2.40. The molecular weight excluding hydrogens is 183 g/mol. The molecule has 0 aromatic carbocycles. The molecule has 0 saturated heterocycles. The second-order valence-corrected chi connectivity index (χ2v) is 9.38. The van der Waals surface area contributed by atoms with E-state index >= 15 is 0 Å². The van der Waals surface area contributed by atoms with Gasteiger partial charge in [-0.3, -0.25) is 0 Å². The normalized spacial score (nSPS) is 15.8. The molecule has 0 spiro atoms. The van der Waals surface area contributed by atoms with Crippen LogP contribution in [0.2, 0.25) is 4.28 Å². The maximum atomic E-state index is 2.40. The first kappa shape index (κ1) is 14.5. The van der Waals surface area contributed by atoms with Gasteiger partial charge in [0.25, 0.3) is 0 Å². The monoisotopic (exact) mass is 212 g/mol. The highest BCUT2D eigenvalue weighted by Gasteiger charge is 2.52. The van der Waals surface area contributed by atoms with E-state index in [0.717, 1.165) is 0 Å². The van der Waals surface area contributed by atoms with Gasteiger partial charge < -0.3 is 0 Å². The van der Waals surface area contributed by atoms with E-state index in [0.29, 0.717) is 20.5 Å². The Morgan fingerprint density at radius 3 is 0.643 bits per heavy atom. The Morgan fingerprint density at radius 1 is 0.500 bits per heavy atom. The Balaban J connectivity index is 5.54. The van der Waals surface area contributed by atoms with Gasteiger partial charge in [0, 0.05) is 0 Å². The number of hydrogen-bond donors (Lipinski definition) is 0. The Labute approximate surface area is 99.3 Å². The van der Waals surface area contributed by atoms with Crippen LogP contribution in [0, 0.1) is 16.2 Å². The molecule has 0 bridgehead atoms. The van der Waals surface area contributed by atoms with Gasteiger partial charge in [-0.25, -0.2) is 0 Å². The average Bonchev–Trinajstić information content (AvgIpc) is 1.77. The third-order valence-corrected chi connectivity index (χ3v) is 9.00. The molecule has 0 aromatic heterocycles. The van der Waals surface area contributed by atoms with E-state index in [-0.39, 0.29) is 0 Å². The molecule has 0 aliphatic carbocycles. The van der Waals surface area contributed by atoms with E-state index in [1.807, 2.05) is 0 Å². The first-order chi connectivity index (χ1) is 5.75. The lowest BCUT2D eigenvalue weighted by atomic mass is 9.55. The van der Waals surface area contributed by atoms with Crippen LogP contribution in [-0.2, 0) is 0 Å². The van der Waals surface area contributed by atoms with E-state index in [2.05, 4.69) is 62.3 Å². The lowest BCUT2D eigenvalue weighted by molar-refractivity contribution is 0.0240. The summed E-state index contributed by atoms with van der Waals surface area (Å²) >= 11 is 1.25. The lowest BCUT2D eigenvalue weighted by Crippen LogP contribution is -2.49. The molecule has 1 heteroatoms. The highest BCUT2D eigenvalue weighted by atomic mass is 27.0. The van der Waals surface area contributed by atoms with Gasteiger partial charge in [0.15, 0.2) is 0 Å². The molecule has 0 atom stereocenters. The predicted octanol–water partition coefficient (Wildman–Crippen LogP) is 3.92. The summed E-state index contributed by atoms with van der Waals surface area (Å²) in [6, 6.07) is 0.